The van der Waals surface area contributed by atoms with Gasteiger partial charge in [-0.2, -0.15) is 5.10 Å². The van der Waals surface area contributed by atoms with Crippen LogP contribution in [-0.2, 0) is 13.1 Å². The first-order chi connectivity index (χ1) is 7.72. The Bertz CT molecular complexity index is 353. The molecule has 1 aliphatic rings. The van der Waals surface area contributed by atoms with Gasteiger partial charge in [0.1, 0.15) is 0 Å². The van der Waals surface area contributed by atoms with E-state index in [0.717, 1.165) is 18.8 Å². The number of hydrogen-bond donors (Lipinski definition) is 0. The molecule has 0 saturated carbocycles. The zero-order chi connectivity index (χ0) is 11.5. The fraction of sp³-hybridized carbons (Fsp3) is 0.750. The molecule has 16 heavy (non-hydrogen) atoms. The van der Waals surface area contributed by atoms with Crippen LogP contribution in [0.3, 0.4) is 0 Å². The molecule has 0 bridgehead atoms. The molecule has 1 fully saturated rings. The first kappa shape index (κ1) is 12.1. The molecule has 4 heteroatoms. The number of aromatic nitrogens is 2. The second-order valence-corrected chi connectivity index (χ2v) is 5.29. The Kier molecular flexibility index (Phi) is 4.03. The molecule has 1 aliphatic heterocycles. The zero-order valence-corrected chi connectivity index (χ0v) is 11.8. The standard InChI is InChI=1S/C12H20BrN3/c1-3-16-11(12(13)10(2)14-16)9-15-7-5-4-6-8-15/h3-9H2,1-2H3. The summed E-state index contributed by atoms with van der Waals surface area (Å²) >= 11 is 3.66. The van der Waals surface area contributed by atoms with E-state index in [1.54, 1.807) is 0 Å². The van der Waals surface area contributed by atoms with Gasteiger partial charge in [-0.1, -0.05) is 6.42 Å². The minimum atomic E-state index is 0.954. The summed E-state index contributed by atoms with van der Waals surface area (Å²) in [7, 11) is 0. The molecule has 1 aromatic rings. The van der Waals surface area contributed by atoms with Crippen LogP contribution in [0.2, 0.25) is 0 Å². The third-order valence-corrected chi connectivity index (χ3v) is 4.31. The Morgan fingerprint density at radius 1 is 1.25 bits per heavy atom. The summed E-state index contributed by atoms with van der Waals surface area (Å²) in [5.74, 6) is 0. The number of likely N-dealkylation sites (tertiary alicyclic amines) is 1. The minimum Gasteiger partial charge on any atom is -0.297 e. The Hall–Kier alpha value is -0.350. The van der Waals surface area contributed by atoms with Crippen LogP contribution >= 0.6 is 15.9 Å². The van der Waals surface area contributed by atoms with Crippen molar-refractivity contribution in [2.75, 3.05) is 13.1 Å². The molecule has 0 atom stereocenters. The number of hydrogen-bond acceptors (Lipinski definition) is 2. The topological polar surface area (TPSA) is 21.1 Å². The molecule has 0 aromatic carbocycles. The van der Waals surface area contributed by atoms with Crippen LogP contribution in [0.15, 0.2) is 4.47 Å². The van der Waals surface area contributed by atoms with Crippen LogP contribution in [0.4, 0.5) is 0 Å². The van der Waals surface area contributed by atoms with Crippen molar-refractivity contribution in [3.05, 3.63) is 15.9 Å². The summed E-state index contributed by atoms with van der Waals surface area (Å²) in [4.78, 5) is 2.54. The highest BCUT2D eigenvalue weighted by Gasteiger charge is 2.17. The third-order valence-electron chi connectivity index (χ3n) is 3.27. The van der Waals surface area contributed by atoms with Gasteiger partial charge in [0.25, 0.3) is 0 Å². The number of rotatable bonds is 3. The molecule has 0 spiro atoms. The molecule has 1 saturated heterocycles. The minimum absolute atomic E-state index is 0.954. The molecule has 2 heterocycles. The lowest BCUT2D eigenvalue weighted by atomic mass is 10.1. The van der Waals surface area contributed by atoms with Crippen molar-refractivity contribution in [1.82, 2.24) is 14.7 Å². The van der Waals surface area contributed by atoms with Crippen LogP contribution < -0.4 is 0 Å². The van der Waals surface area contributed by atoms with E-state index < -0.39 is 0 Å². The number of nitrogens with zero attached hydrogens (tertiary/aromatic N) is 3. The highest BCUT2D eigenvalue weighted by atomic mass is 79.9. The normalized spacial score (nSPS) is 17.9. The van der Waals surface area contributed by atoms with Crippen molar-refractivity contribution in [2.24, 2.45) is 0 Å². The fourth-order valence-corrected chi connectivity index (χ4v) is 2.76. The van der Waals surface area contributed by atoms with Crippen molar-refractivity contribution >= 4 is 15.9 Å². The van der Waals surface area contributed by atoms with Gasteiger partial charge in [-0.05, 0) is 55.7 Å². The van der Waals surface area contributed by atoms with Gasteiger partial charge in [0.15, 0.2) is 0 Å². The largest absolute Gasteiger partial charge is 0.297 e. The van der Waals surface area contributed by atoms with Crippen LogP contribution in [0.1, 0.15) is 37.6 Å². The Labute approximate surface area is 106 Å². The van der Waals surface area contributed by atoms with E-state index in [2.05, 4.69) is 44.5 Å². The van der Waals surface area contributed by atoms with Crippen LogP contribution in [0.5, 0.6) is 0 Å². The van der Waals surface area contributed by atoms with E-state index in [1.807, 2.05) is 0 Å². The molecular weight excluding hydrogens is 266 g/mol. The zero-order valence-electron chi connectivity index (χ0n) is 10.2. The van der Waals surface area contributed by atoms with Gasteiger partial charge in [0, 0.05) is 13.1 Å². The molecule has 0 N–H and O–H groups in total. The first-order valence-electron chi connectivity index (χ1n) is 6.16. The van der Waals surface area contributed by atoms with Gasteiger partial charge in [0.2, 0.25) is 0 Å². The Morgan fingerprint density at radius 3 is 2.56 bits per heavy atom. The second kappa shape index (κ2) is 5.32. The molecule has 0 amide bonds. The molecular formula is C12H20BrN3. The van der Waals surface area contributed by atoms with Crippen molar-refractivity contribution in [3.63, 3.8) is 0 Å². The van der Waals surface area contributed by atoms with Crippen LogP contribution in [0, 0.1) is 6.92 Å². The SMILES string of the molecule is CCn1nc(C)c(Br)c1CN1CCCCC1. The molecule has 1 aromatic heterocycles. The van der Waals surface area contributed by atoms with E-state index >= 15 is 0 Å². The lowest BCUT2D eigenvalue weighted by Gasteiger charge is -2.26. The monoisotopic (exact) mass is 285 g/mol. The van der Waals surface area contributed by atoms with Gasteiger partial charge in [0.05, 0.1) is 15.9 Å². The Balaban J connectivity index is 2.12. The smallest absolute Gasteiger partial charge is 0.0739 e. The second-order valence-electron chi connectivity index (χ2n) is 4.50. The average molecular weight is 286 g/mol. The van der Waals surface area contributed by atoms with E-state index in [4.69, 9.17) is 0 Å². The van der Waals surface area contributed by atoms with Crippen molar-refractivity contribution in [2.45, 2.75) is 46.2 Å². The van der Waals surface area contributed by atoms with E-state index in [1.165, 1.54) is 42.5 Å². The maximum absolute atomic E-state index is 4.54. The molecule has 0 radical (unpaired) electrons. The predicted molar refractivity (Wildman–Crippen MR) is 69.5 cm³/mol. The predicted octanol–water partition coefficient (Wildman–Crippen LogP) is 2.96. The van der Waals surface area contributed by atoms with Crippen molar-refractivity contribution < 1.29 is 0 Å². The number of halogens is 1. The molecule has 3 nitrogen and oxygen atoms in total. The lowest BCUT2D eigenvalue weighted by molar-refractivity contribution is 0.214. The summed E-state index contributed by atoms with van der Waals surface area (Å²) < 4.78 is 3.31. The van der Waals surface area contributed by atoms with E-state index in [-0.39, 0.29) is 0 Å². The van der Waals surface area contributed by atoms with Gasteiger partial charge in [-0.3, -0.25) is 9.58 Å². The summed E-state index contributed by atoms with van der Waals surface area (Å²) in [5, 5.41) is 4.54. The molecule has 0 unspecified atom stereocenters. The summed E-state index contributed by atoms with van der Waals surface area (Å²) in [6, 6.07) is 0. The van der Waals surface area contributed by atoms with E-state index in [0.29, 0.717) is 0 Å². The number of piperidine rings is 1. The molecule has 90 valence electrons. The third kappa shape index (κ3) is 2.48. The average Bonchev–Trinajstić information content (AvgIpc) is 2.58. The van der Waals surface area contributed by atoms with Crippen molar-refractivity contribution in [3.8, 4) is 0 Å². The fourth-order valence-electron chi connectivity index (χ4n) is 2.35. The van der Waals surface area contributed by atoms with Crippen molar-refractivity contribution in [1.29, 1.82) is 0 Å². The molecule has 2 rings (SSSR count). The maximum atomic E-state index is 4.54. The number of aryl methyl sites for hydroxylation is 2. The maximum Gasteiger partial charge on any atom is 0.0739 e. The van der Waals surface area contributed by atoms with Gasteiger partial charge in [-0.15, -0.1) is 0 Å². The molecule has 0 aliphatic carbocycles. The highest BCUT2D eigenvalue weighted by molar-refractivity contribution is 9.10. The van der Waals surface area contributed by atoms with Gasteiger partial charge < -0.3 is 0 Å². The lowest BCUT2D eigenvalue weighted by Crippen LogP contribution is -2.30. The highest BCUT2D eigenvalue weighted by Crippen LogP contribution is 2.23. The summed E-state index contributed by atoms with van der Waals surface area (Å²) in [6.45, 7) is 8.68. The van der Waals surface area contributed by atoms with Gasteiger partial charge >= 0.3 is 0 Å². The van der Waals surface area contributed by atoms with Gasteiger partial charge in [-0.25, -0.2) is 0 Å². The summed E-state index contributed by atoms with van der Waals surface area (Å²) in [5.41, 5.74) is 2.44. The Morgan fingerprint density at radius 2 is 1.94 bits per heavy atom. The first-order valence-corrected chi connectivity index (χ1v) is 6.95. The van der Waals surface area contributed by atoms with Crippen LogP contribution in [-0.4, -0.2) is 27.8 Å². The summed E-state index contributed by atoms with van der Waals surface area (Å²) in [6.07, 6.45) is 4.08. The quantitative estimate of drug-likeness (QED) is 0.851. The van der Waals surface area contributed by atoms with Crippen LogP contribution in [0.25, 0.3) is 0 Å². The van der Waals surface area contributed by atoms with E-state index in [9.17, 15) is 0 Å².